The van der Waals surface area contributed by atoms with Gasteiger partial charge in [-0.15, -0.1) is 24.8 Å². The van der Waals surface area contributed by atoms with Crippen LogP contribution in [0.3, 0.4) is 0 Å². The molecule has 236 valence electrons. The molecule has 0 spiro atoms. The highest BCUT2D eigenvalue weighted by Crippen LogP contribution is 2.53. The van der Waals surface area contributed by atoms with Gasteiger partial charge in [-0.1, -0.05) is 31.0 Å². The summed E-state index contributed by atoms with van der Waals surface area (Å²) in [6.07, 6.45) is -7.48. The second-order valence-electron chi connectivity index (χ2n) is 10.9. The molecule has 2 saturated heterocycles. The molecule has 7 nitrogen and oxygen atoms in total. The van der Waals surface area contributed by atoms with Gasteiger partial charge in [0, 0.05) is 18.1 Å². The molecule has 2 aromatic rings. The largest absolute Gasteiger partial charge is 0.573 e. The molecule has 0 bridgehead atoms. The van der Waals surface area contributed by atoms with E-state index < -0.39 is 58.7 Å². The number of nitrogens with one attached hydrogen (secondary N) is 3. The predicted octanol–water partition coefficient (Wildman–Crippen LogP) is 7.31. The first-order valence-corrected chi connectivity index (χ1v) is 14.2. The van der Waals surface area contributed by atoms with Gasteiger partial charge in [0.25, 0.3) is 0 Å². The van der Waals surface area contributed by atoms with Crippen molar-refractivity contribution in [1.29, 1.82) is 0 Å². The van der Waals surface area contributed by atoms with Gasteiger partial charge in [-0.3, -0.25) is 5.32 Å². The number of hydrogen-bond acceptors (Lipinski definition) is 5. The number of urea groups is 1. The molecule has 2 heterocycles. The van der Waals surface area contributed by atoms with Crippen LogP contribution in [-0.2, 0) is 10.3 Å². The lowest BCUT2D eigenvalue weighted by atomic mass is 9.75. The van der Waals surface area contributed by atoms with Gasteiger partial charge >= 0.3 is 18.6 Å². The predicted molar refractivity (Wildman–Crippen MR) is 141 cm³/mol. The summed E-state index contributed by atoms with van der Waals surface area (Å²) < 4.78 is 110. The first kappa shape index (κ1) is 31.5. The summed E-state index contributed by atoms with van der Waals surface area (Å²) in [6.45, 7) is -0.0765. The van der Waals surface area contributed by atoms with Crippen LogP contribution in [0.25, 0.3) is 0 Å². The Morgan fingerprint density at radius 2 is 1.72 bits per heavy atom. The Bertz CT molecular complexity index is 1320. The van der Waals surface area contributed by atoms with E-state index in [0.717, 1.165) is 25.0 Å². The summed E-state index contributed by atoms with van der Waals surface area (Å²) in [6, 6.07) is 7.02. The molecule has 43 heavy (non-hydrogen) atoms. The zero-order chi connectivity index (χ0) is 31.0. The average Bonchev–Trinajstić information content (AvgIpc) is 3.42. The molecule has 2 aliphatic heterocycles. The molecule has 4 atom stereocenters. The maximum absolute atomic E-state index is 14.6. The molecular weight excluding hydrogens is 611 g/mol. The van der Waals surface area contributed by atoms with Crippen molar-refractivity contribution in [2.45, 2.75) is 80.4 Å². The molecule has 0 aromatic heterocycles. The maximum atomic E-state index is 14.6. The fraction of sp³-hybridized carbons (Fsp3) is 0.536. The van der Waals surface area contributed by atoms with Gasteiger partial charge in [-0.25, -0.2) is 9.18 Å². The quantitative estimate of drug-likeness (QED) is 0.168. The van der Waals surface area contributed by atoms with Crippen LogP contribution in [0.4, 0.5) is 41.2 Å². The van der Waals surface area contributed by atoms with E-state index >= 15 is 0 Å². The van der Waals surface area contributed by atoms with E-state index in [4.69, 9.17) is 21.1 Å². The minimum absolute atomic E-state index is 0.0765. The van der Waals surface area contributed by atoms with Crippen LogP contribution in [0.1, 0.15) is 50.5 Å². The third-order valence-corrected chi connectivity index (χ3v) is 8.64. The van der Waals surface area contributed by atoms with Crippen LogP contribution in [0.2, 0.25) is 0 Å². The molecular formula is C28H29ClF7N3O4. The van der Waals surface area contributed by atoms with E-state index in [9.17, 15) is 35.5 Å². The third-order valence-electron chi connectivity index (χ3n) is 8.29. The van der Waals surface area contributed by atoms with Crippen molar-refractivity contribution < 1.29 is 49.7 Å². The van der Waals surface area contributed by atoms with Gasteiger partial charge in [0.2, 0.25) is 0 Å². The summed E-state index contributed by atoms with van der Waals surface area (Å²) in [7, 11) is 0. The van der Waals surface area contributed by atoms with Gasteiger partial charge in [0.1, 0.15) is 17.3 Å². The lowest BCUT2D eigenvalue weighted by Crippen LogP contribution is -2.71. The van der Waals surface area contributed by atoms with Crippen LogP contribution in [0.15, 0.2) is 42.5 Å². The Kier molecular flexibility index (Phi) is 8.67. The van der Waals surface area contributed by atoms with E-state index in [1.807, 2.05) is 0 Å². The summed E-state index contributed by atoms with van der Waals surface area (Å²) >= 11 is 6.43. The van der Waals surface area contributed by atoms with Gasteiger partial charge in [0.15, 0.2) is 11.8 Å². The van der Waals surface area contributed by atoms with E-state index in [1.54, 1.807) is 0 Å². The number of para-hydroxylation sites is 1. The summed E-state index contributed by atoms with van der Waals surface area (Å²) in [5, 5.41) is 8.28. The van der Waals surface area contributed by atoms with Crippen LogP contribution in [0.5, 0.6) is 11.5 Å². The number of hydrogen-bond donors (Lipinski definition) is 3. The zero-order valence-corrected chi connectivity index (χ0v) is 23.3. The molecule has 3 fully saturated rings. The highest BCUT2D eigenvalue weighted by molar-refractivity contribution is 6.20. The fourth-order valence-corrected chi connectivity index (χ4v) is 6.43. The molecule has 15 heteroatoms. The van der Waals surface area contributed by atoms with Crippen molar-refractivity contribution in [3.63, 3.8) is 0 Å². The summed E-state index contributed by atoms with van der Waals surface area (Å²) in [4.78, 5) is 13.3. The third kappa shape index (κ3) is 6.46. The number of piperidine rings is 1. The monoisotopic (exact) mass is 639 g/mol. The summed E-state index contributed by atoms with van der Waals surface area (Å²) in [5.41, 5.74) is -4.99. The highest BCUT2D eigenvalue weighted by Gasteiger charge is 2.63. The van der Waals surface area contributed by atoms with Crippen molar-refractivity contribution >= 4 is 23.3 Å². The number of ether oxygens (including phenoxy) is 3. The Balaban J connectivity index is 1.44. The number of amides is 2. The van der Waals surface area contributed by atoms with Gasteiger partial charge in [-0.2, -0.15) is 13.2 Å². The molecule has 1 saturated carbocycles. The molecule has 3 N–H and O–H groups in total. The van der Waals surface area contributed by atoms with Gasteiger partial charge in [0.05, 0.1) is 23.3 Å². The highest BCUT2D eigenvalue weighted by atomic mass is 35.5. The average molecular weight is 640 g/mol. The topological polar surface area (TPSA) is 80.9 Å². The van der Waals surface area contributed by atoms with Crippen molar-refractivity contribution in [3.05, 3.63) is 53.8 Å². The number of halogens is 8. The van der Waals surface area contributed by atoms with Gasteiger partial charge < -0.3 is 24.8 Å². The molecule has 0 radical (unpaired) electrons. The maximum Gasteiger partial charge on any atom is 0.573 e. The minimum atomic E-state index is -5.03. The number of anilines is 1. The standard InChI is InChI=1S/C28H29ClF7N3O4/c29-22-11-12-25(16-5-1-2-6-16,39-24(40)37-20-10-9-17(15-19(20)30)43-28(34,35)36)23(38-22)42-21-8-4-3-7-18(21)26(13-14-41-26)27(31,32)33/h3-4,7-10,15-16,22-23,38H,1-2,5-6,11-14H2,(H2,37,39,40)/t22?,23?,25?,26-/m1/s1. The first-order chi connectivity index (χ1) is 20.2. The smallest absolute Gasteiger partial charge is 0.472 e. The SMILES string of the molecule is O=C(Nc1ccc(OC(F)(F)F)cc1F)NC1(C2CCCC2)CCC(Cl)NC1Oc1ccccc1[C@@]1(C(F)(F)F)CCO1. The Labute approximate surface area is 247 Å². The van der Waals surface area contributed by atoms with E-state index in [2.05, 4.69) is 20.7 Å². The molecule has 1 aliphatic carbocycles. The normalized spacial score (nSPS) is 28.2. The lowest BCUT2D eigenvalue weighted by Gasteiger charge is -2.50. The van der Waals surface area contributed by atoms with Crippen LogP contribution >= 0.6 is 11.6 Å². The fourth-order valence-electron chi connectivity index (χ4n) is 6.21. The van der Waals surface area contributed by atoms with Crippen LogP contribution in [-0.4, -0.2) is 42.4 Å². The first-order valence-electron chi connectivity index (χ1n) is 13.7. The Morgan fingerprint density at radius 3 is 2.33 bits per heavy atom. The second-order valence-corrected chi connectivity index (χ2v) is 11.4. The zero-order valence-electron chi connectivity index (χ0n) is 22.6. The van der Waals surface area contributed by atoms with Crippen molar-refractivity contribution in [2.24, 2.45) is 5.92 Å². The van der Waals surface area contributed by atoms with Crippen molar-refractivity contribution in [2.75, 3.05) is 11.9 Å². The van der Waals surface area contributed by atoms with Crippen molar-refractivity contribution in [3.8, 4) is 11.5 Å². The van der Waals surface area contributed by atoms with E-state index in [1.165, 1.54) is 24.3 Å². The Hall–Kier alpha value is -2.97. The molecule has 2 aromatic carbocycles. The van der Waals surface area contributed by atoms with Gasteiger partial charge in [-0.05, 0) is 49.8 Å². The number of rotatable bonds is 7. The lowest BCUT2D eigenvalue weighted by molar-refractivity contribution is -0.334. The second kappa shape index (κ2) is 11.8. The van der Waals surface area contributed by atoms with Crippen LogP contribution < -0.4 is 25.4 Å². The van der Waals surface area contributed by atoms with E-state index in [0.29, 0.717) is 25.3 Å². The molecule has 5 rings (SSSR count). The number of benzene rings is 2. The minimum Gasteiger partial charge on any atom is -0.472 e. The number of alkyl halides is 7. The van der Waals surface area contributed by atoms with Crippen LogP contribution in [0, 0.1) is 11.7 Å². The number of carbonyl (C=O) groups excluding carboxylic acids is 1. The Morgan fingerprint density at radius 1 is 1.02 bits per heavy atom. The summed E-state index contributed by atoms with van der Waals surface area (Å²) in [5.74, 6) is -2.26. The van der Waals surface area contributed by atoms with Crippen molar-refractivity contribution in [1.82, 2.24) is 10.6 Å². The molecule has 2 amide bonds. The van der Waals surface area contributed by atoms with E-state index in [-0.39, 0.29) is 36.7 Å². The molecule has 3 unspecified atom stereocenters. The number of carbonyl (C=O) groups is 1. The molecule has 3 aliphatic rings.